The fourth-order valence-electron chi connectivity index (χ4n) is 2.69. The molecule has 1 saturated carbocycles. The van der Waals surface area contributed by atoms with E-state index in [4.69, 9.17) is 5.73 Å². The topological polar surface area (TPSA) is 89.3 Å². The van der Waals surface area contributed by atoms with Crippen LogP contribution in [0, 0.1) is 0 Å². The third-order valence-electron chi connectivity index (χ3n) is 3.61. The number of hydrogen-bond donors (Lipinski definition) is 2. The highest BCUT2D eigenvalue weighted by Gasteiger charge is 2.48. The quantitative estimate of drug-likeness (QED) is 0.706. The zero-order chi connectivity index (χ0) is 11.8. The number of sulfone groups is 1. The van der Waals surface area contributed by atoms with Crippen LogP contribution in [0.2, 0.25) is 0 Å². The highest BCUT2D eigenvalue weighted by atomic mass is 32.2. The molecule has 3 N–H and O–H groups in total. The molecule has 0 aromatic heterocycles. The van der Waals surface area contributed by atoms with Gasteiger partial charge in [0.25, 0.3) is 0 Å². The van der Waals surface area contributed by atoms with Crippen molar-refractivity contribution in [1.29, 1.82) is 0 Å². The van der Waals surface area contributed by atoms with Gasteiger partial charge in [-0.3, -0.25) is 10.1 Å². The molecular weight excluding hydrogens is 228 g/mol. The number of primary amides is 1. The minimum atomic E-state index is -3.10. The summed E-state index contributed by atoms with van der Waals surface area (Å²) in [4.78, 5) is 11.5. The van der Waals surface area contributed by atoms with E-state index in [1.54, 1.807) is 0 Å². The van der Waals surface area contributed by atoms with E-state index < -0.39 is 21.3 Å². The summed E-state index contributed by atoms with van der Waals surface area (Å²) in [5.74, 6) is -0.595. The molecule has 2 aliphatic rings. The third-order valence-corrected chi connectivity index (χ3v) is 5.37. The lowest BCUT2D eigenvalue weighted by molar-refractivity contribution is -0.123. The van der Waals surface area contributed by atoms with Crippen molar-refractivity contribution in [2.45, 2.75) is 43.7 Å². The van der Waals surface area contributed by atoms with Gasteiger partial charge in [-0.1, -0.05) is 12.8 Å². The number of nitrogens with one attached hydrogen (secondary N) is 1. The second-order valence-corrected chi connectivity index (χ2v) is 7.10. The minimum absolute atomic E-state index is 0.0651. The van der Waals surface area contributed by atoms with Gasteiger partial charge in [-0.15, -0.1) is 0 Å². The van der Waals surface area contributed by atoms with E-state index in [0.29, 0.717) is 6.42 Å². The summed E-state index contributed by atoms with van der Waals surface area (Å²) in [6.07, 6.45) is 4.61. The lowest BCUT2D eigenvalue weighted by atomic mass is 9.96. The van der Waals surface area contributed by atoms with E-state index in [1.807, 2.05) is 0 Å². The van der Waals surface area contributed by atoms with Gasteiger partial charge in [-0.05, 0) is 19.3 Å². The van der Waals surface area contributed by atoms with E-state index in [2.05, 4.69) is 5.32 Å². The minimum Gasteiger partial charge on any atom is -0.368 e. The van der Waals surface area contributed by atoms with Crippen molar-refractivity contribution in [3.63, 3.8) is 0 Å². The normalized spacial score (nSPS) is 34.2. The molecule has 1 heterocycles. The maximum atomic E-state index is 11.5. The van der Waals surface area contributed by atoms with Crippen LogP contribution in [0.5, 0.6) is 0 Å². The second-order valence-electron chi connectivity index (χ2n) is 4.91. The maximum absolute atomic E-state index is 11.5. The molecule has 0 spiro atoms. The van der Waals surface area contributed by atoms with Crippen molar-refractivity contribution in [3.05, 3.63) is 0 Å². The SMILES string of the molecule is NC(=O)C1(NC2CCCC2)CCS(=O)(=O)C1. The molecule has 0 bridgehead atoms. The Morgan fingerprint density at radius 3 is 2.38 bits per heavy atom. The number of hydrogen-bond acceptors (Lipinski definition) is 4. The van der Waals surface area contributed by atoms with Crippen LogP contribution in [-0.2, 0) is 14.6 Å². The van der Waals surface area contributed by atoms with E-state index in [1.165, 1.54) is 0 Å². The first-order valence-corrected chi connectivity index (χ1v) is 7.54. The molecule has 0 aromatic carbocycles. The molecule has 1 amide bonds. The summed E-state index contributed by atoms with van der Waals surface area (Å²) in [6, 6.07) is 0.251. The Hall–Kier alpha value is -0.620. The van der Waals surface area contributed by atoms with Crippen molar-refractivity contribution < 1.29 is 13.2 Å². The van der Waals surface area contributed by atoms with E-state index in [0.717, 1.165) is 25.7 Å². The molecule has 92 valence electrons. The van der Waals surface area contributed by atoms with Crippen LogP contribution in [0.25, 0.3) is 0 Å². The van der Waals surface area contributed by atoms with Crippen LogP contribution in [0.15, 0.2) is 0 Å². The molecule has 1 atom stereocenters. The summed E-state index contributed by atoms with van der Waals surface area (Å²) in [6.45, 7) is 0. The first-order valence-electron chi connectivity index (χ1n) is 5.72. The highest BCUT2D eigenvalue weighted by molar-refractivity contribution is 7.91. The van der Waals surface area contributed by atoms with E-state index in [-0.39, 0.29) is 17.5 Å². The van der Waals surface area contributed by atoms with E-state index in [9.17, 15) is 13.2 Å². The molecule has 6 heteroatoms. The van der Waals surface area contributed by atoms with Gasteiger partial charge in [0, 0.05) is 6.04 Å². The Bertz CT molecular complexity index is 387. The van der Waals surface area contributed by atoms with Crippen molar-refractivity contribution >= 4 is 15.7 Å². The number of amides is 1. The molecular formula is C10H18N2O3S. The fraction of sp³-hybridized carbons (Fsp3) is 0.900. The number of carbonyl (C=O) groups excluding carboxylic acids is 1. The standard InChI is InChI=1S/C10H18N2O3S/c11-9(13)10(5-6-16(14,15)7-10)12-8-3-1-2-4-8/h8,12H,1-7H2,(H2,11,13). The molecule has 1 saturated heterocycles. The Morgan fingerprint density at radius 2 is 1.94 bits per heavy atom. The molecule has 0 radical (unpaired) electrons. The van der Waals surface area contributed by atoms with Crippen LogP contribution in [0.1, 0.15) is 32.1 Å². The highest BCUT2D eigenvalue weighted by Crippen LogP contribution is 2.27. The van der Waals surface area contributed by atoms with Crippen molar-refractivity contribution in [2.24, 2.45) is 5.73 Å². The predicted octanol–water partition coefficient (Wildman–Crippen LogP) is -0.439. The van der Waals surface area contributed by atoms with Crippen molar-refractivity contribution in [2.75, 3.05) is 11.5 Å². The van der Waals surface area contributed by atoms with Crippen LogP contribution in [0.4, 0.5) is 0 Å². The molecule has 16 heavy (non-hydrogen) atoms. The Labute approximate surface area is 95.7 Å². The van der Waals surface area contributed by atoms with Gasteiger partial charge in [-0.25, -0.2) is 8.42 Å². The molecule has 2 fully saturated rings. The molecule has 1 unspecified atom stereocenters. The van der Waals surface area contributed by atoms with Gasteiger partial charge >= 0.3 is 0 Å². The maximum Gasteiger partial charge on any atom is 0.238 e. The fourth-order valence-corrected chi connectivity index (χ4v) is 4.61. The monoisotopic (exact) mass is 246 g/mol. The largest absolute Gasteiger partial charge is 0.368 e. The van der Waals surface area contributed by atoms with Gasteiger partial charge in [0.15, 0.2) is 9.84 Å². The van der Waals surface area contributed by atoms with Crippen molar-refractivity contribution in [1.82, 2.24) is 5.32 Å². The number of carbonyl (C=O) groups is 1. The van der Waals surface area contributed by atoms with Crippen LogP contribution >= 0.6 is 0 Å². The average Bonchev–Trinajstić information content (AvgIpc) is 2.75. The molecule has 1 aliphatic carbocycles. The smallest absolute Gasteiger partial charge is 0.238 e. The summed E-state index contributed by atoms with van der Waals surface area (Å²) in [5.41, 5.74) is 4.36. The lowest BCUT2D eigenvalue weighted by Gasteiger charge is -2.29. The Morgan fingerprint density at radius 1 is 1.31 bits per heavy atom. The first-order chi connectivity index (χ1) is 7.44. The van der Waals surface area contributed by atoms with Gasteiger partial charge < -0.3 is 5.73 Å². The lowest BCUT2D eigenvalue weighted by Crippen LogP contribution is -2.59. The van der Waals surface area contributed by atoms with Crippen LogP contribution < -0.4 is 11.1 Å². The molecule has 1 aliphatic heterocycles. The van der Waals surface area contributed by atoms with Gasteiger partial charge in [0.1, 0.15) is 5.54 Å². The second kappa shape index (κ2) is 4.00. The summed E-state index contributed by atoms with van der Waals surface area (Å²) in [5, 5.41) is 3.19. The number of nitrogens with two attached hydrogens (primary N) is 1. The zero-order valence-corrected chi connectivity index (χ0v) is 10.1. The molecule has 2 rings (SSSR count). The van der Waals surface area contributed by atoms with Gasteiger partial charge in [0.2, 0.25) is 5.91 Å². The van der Waals surface area contributed by atoms with Gasteiger partial charge in [-0.2, -0.15) is 0 Å². The molecule has 0 aromatic rings. The van der Waals surface area contributed by atoms with Crippen LogP contribution in [-0.4, -0.2) is 37.4 Å². The van der Waals surface area contributed by atoms with E-state index >= 15 is 0 Å². The third kappa shape index (κ3) is 2.22. The predicted molar refractivity (Wildman–Crippen MR) is 60.6 cm³/mol. The summed E-state index contributed by atoms with van der Waals surface area (Å²) < 4.78 is 23.0. The number of rotatable bonds is 3. The summed E-state index contributed by atoms with van der Waals surface area (Å²) in [7, 11) is -3.10. The average molecular weight is 246 g/mol. The van der Waals surface area contributed by atoms with Crippen molar-refractivity contribution in [3.8, 4) is 0 Å². The zero-order valence-electron chi connectivity index (χ0n) is 9.24. The van der Waals surface area contributed by atoms with Crippen LogP contribution in [0.3, 0.4) is 0 Å². The first kappa shape index (κ1) is 11.9. The Balaban J connectivity index is 2.14. The molecule has 5 nitrogen and oxygen atoms in total. The Kier molecular flexibility index (Phi) is 2.96. The summed E-state index contributed by atoms with van der Waals surface area (Å²) >= 11 is 0. The van der Waals surface area contributed by atoms with Gasteiger partial charge in [0.05, 0.1) is 11.5 Å².